The molecule has 0 radical (unpaired) electrons. The zero-order chi connectivity index (χ0) is 22.7. The second-order valence-electron chi connectivity index (χ2n) is 10.0. The van der Waals surface area contributed by atoms with Gasteiger partial charge in [-0.3, -0.25) is 4.48 Å². The van der Waals surface area contributed by atoms with E-state index in [9.17, 15) is 9.46 Å². The minimum Gasteiger partial charge on any atom is -0.590 e. The number of quaternary nitrogens is 1. The molecule has 3 nitrogen and oxygen atoms in total. The summed E-state index contributed by atoms with van der Waals surface area (Å²) in [6, 6.07) is 0. The van der Waals surface area contributed by atoms with Gasteiger partial charge in [0.25, 0.3) is 5.28 Å². The van der Waals surface area contributed by atoms with Crippen LogP contribution in [0.3, 0.4) is 0 Å². The standard InChI is InChI=1S/C26H53NO2P/c1-6-8-9-10-11-12-13-14-15-16-17-18-19-20-21-22-23-25-26(24-7-2,30(28)29)27(3,4)5/h19-20H,6-18,21-25H2,1-5H3/q+1/b20-19-. The molecule has 0 amide bonds. The maximum Gasteiger partial charge on any atom is 0.376 e. The number of nitrogens with zero attached hydrogens (tertiary/aromatic N) is 1. The fourth-order valence-corrected chi connectivity index (χ4v) is 5.69. The molecular weight excluding hydrogens is 389 g/mol. The first-order valence-corrected chi connectivity index (χ1v) is 14.1. The number of unbranched alkanes of at least 4 members (excludes halogenated alkanes) is 13. The molecule has 0 bridgehead atoms. The smallest absolute Gasteiger partial charge is 0.376 e. The Balaban J connectivity index is 3.74. The first kappa shape index (κ1) is 29.8. The van der Waals surface area contributed by atoms with Gasteiger partial charge in [-0.1, -0.05) is 94.8 Å². The van der Waals surface area contributed by atoms with E-state index in [4.69, 9.17) is 0 Å². The van der Waals surface area contributed by atoms with Gasteiger partial charge in [0.15, 0.2) is 0 Å². The molecule has 0 aromatic rings. The normalized spacial score (nSPS) is 14.9. The van der Waals surface area contributed by atoms with Crippen molar-refractivity contribution in [3.8, 4) is 0 Å². The fraction of sp³-hybridized carbons (Fsp3) is 0.923. The van der Waals surface area contributed by atoms with Crippen LogP contribution in [-0.2, 0) is 4.57 Å². The Labute approximate surface area is 190 Å². The summed E-state index contributed by atoms with van der Waals surface area (Å²) in [5.74, 6) is 0. The van der Waals surface area contributed by atoms with Crippen molar-refractivity contribution in [3.63, 3.8) is 0 Å². The summed E-state index contributed by atoms with van der Waals surface area (Å²) in [5.41, 5.74) is 0. The molecule has 0 aromatic carbocycles. The van der Waals surface area contributed by atoms with Crippen LogP contribution in [0.5, 0.6) is 0 Å². The molecule has 0 saturated carbocycles. The molecule has 0 saturated heterocycles. The highest BCUT2D eigenvalue weighted by molar-refractivity contribution is 7.38. The van der Waals surface area contributed by atoms with Crippen molar-refractivity contribution in [2.75, 3.05) is 21.1 Å². The van der Waals surface area contributed by atoms with E-state index in [1.807, 2.05) is 21.1 Å². The molecule has 0 rings (SSSR count). The second kappa shape index (κ2) is 18.3. The van der Waals surface area contributed by atoms with Gasteiger partial charge in [-0.05, 0) is 38.5 Å². The van der Waals surface area contributed by atoms with Gasteiger partial charge in [-0.2, -0.15) is 0 Å². The van der Waals surface area contributed by atoms with Crippen molar-refractivity contribution in [2.45, 2.75) is 135 Å². The summed E-state index contributed by atoms with van der Waals surface area (Å²) >= 11 is 0. The largest absolute Gasteiger partial charge is 0.590 e. The van der Waals surface area contributed by atoms with E-state index in [1.54, 1.807) is 0 Å². The molecule has 4 heteroatoms. The van der Waals surface area contributed by atoms with E-state index >= 15 is 0 Å². The van der Waals surface area contributed by atoms with Crippen LogP contribution in [0.25, 0.3) is 0 Å². The third-order valence-corrected chi connectivity index (χ3v) is 8.30. The lowest BCUT2D eigenvalue weighted by Crippen LogP contribution is -2.55. The molecule has 178 valence electrons. The van der Waals surface area contributed by atoms with E-state index in [-0.39, 0.29) is 0 Å². The Hall–Kier alpha value is -0.240. The van der Waals surface area contributed by atoms with E-state index in [2.05, 4.69) is 26.0 Å². The van der Waals surface area contributed by atoms with Crippen LogP contribution >= 0.6 is 8.03 Å². The van der Waals surface area contributed by atoms with Gasteiger partial charge in [0.2, 0.25) is 0 Å². The minimum atomic E-state index is -2.43. The summed E-state index contributed by atoms with van der Waals surface area (Å²) in [7, 11) is 3.63. The van der Waals surface area contributed by atoms with E-state index < -0.39 is 13.3 Å². The van der Waals surface area contributed by atoms with Crippen LogP contribution in [0.4, 0.5) is 0 Å². The molecule has 0 aromatic heterocycles. The molecule has 0 aliphatic rings. The number of allylic oxidation sites excluding steroid dienone is 2. The average molecular weight is 443 g/mol. The monoisotopic (exact) mass is 442 g/mol. The molecule has 0 aliphatic carbocycles. The highest BCUT2D eigenvalue weighted by Crippen LogP contribution is 2.45. The van der Waals surface area contributed by atoms with Crippen molar-refractivity contribution in [3.05, 3.63) is 12.2 Å². The molecule has 0 spiro atoms. The molecule has 0 fully saturated rings. The Kier molecular flexibility index (Phi) is 18.2. The average Bonchev–Trinajstić information content (AvgIpc) is 2.68. The van der Waals surface area contributed by atoms with Crippen molar-refractivity contribution in [1.82, 2.24) is 0 Å². The fourth-order valence-electron chi connectivity index (χ4n) is 4.46. The molecule has 0 heterocycles. The summed E-state index contributed by atoms with van der Waals surface area (Å²) < 4.78 is 12.6. The summed E-state index contributed by atoms with van der Waals surface area (Å²) in [5, 5.41) is -0.608. The van der Waals surface area contributed by atoms with Crippen molar-refractivity contribution < 1.29 is 13.9 Å². The molecular formula is C26H53NO2P+. The Bertz CT molecular complexity index is 445. The summed E-state index contributed by atoms with van der Waals surface area (Å²) in [6.07, 6.45) is 26.8. The van der Waals surface area contributed by atoms with Crippen molar-refractivity contribution in [2.24, 2.45) is 0 Å². The lowest BCUT2D eigenvalue weighted by Gasteiger charge is -2.39. The highest BCUT2D eigenvalue weighted by Gasteiger charge is 2.53. The van der Waals surface area contributed by atoms with Gasteiger partial charge in [0, 0.05) is 12.8 Å². The lowest BCUT2D eigenvalue weighted by molar-refractivity contribution is -0.910. The van der Waals surface area contributed by atoms with Crippen LogP contribution < -0.4 is 4.89 Å². The van der Waals surface area contributed by atoms with E-state index in [0.29, 0.717) is 4.48 Å². The quantitative estimate of drug-likeness (QED) is 0.0779. The van der Waals surface area contributed by atoms with Crippen molar-refractivity contribution in [1.29, 1.82) is 0 Å². The maximum atomic E-state index is 12.1. The third-order valence-electron chi connectivity index (χ3n) is 6.58. The summed E-state index contributed by atoms with van der Waals surface area (Å²) in [4.78, 5) is 12.1. The zero-order valence-electron chi connectivity index (χ0n) is 21.1. The van der Waals surface area contributed by atoms with Gasteiger partial charge in [0.05, 0.1) is 21.1 Å². The van der Waals surface area contributed by atoms with Gasteiger partial charge in [0.1, 0.15) is 0 Å². The number of hydrogen-bond donors (Lipinski definition) is 0. The van der Waals surface area contributed by atoms with Crippen LogP contribution in [-0.4, -0.2) is 30.9 Å². The Morgan fingerprint density at radius 3 is 1.50 bits per heavy atom. The van der Waals surface area contributed by atoms with E-state index in [1.165, 1.54) is 77.0 Å². The lowest BCUT2D eigenvalue weighted by atomic mass is 10.00. The molecule has 0 N–H and O–H groups in total. The minimum absolute atomic E-state index is 0.508. The maximum absolute atomic E-state index is 12.1. The van der Waals surface area contributed by atoms with Crippen molar-refractivity contribution >= 4 is 8.03 Å². The third kappa shape index (κ3) is 13.2. The predicted octanol–water partition coefficient (Wildman–Crippen LogP) is 8.11. The first-order valence-electron chi connectivity index (χ1n) is 12.9. The zero-order valence-corrected chi connectivity index (χ0v) is 22.0. The van der Waals surface area contributed by atoms with Gasteiger partial charge < -0.3 is 4.89 Å². The molecule has 2 atom stereocenters. The van der Waals surface area contributed by atoms with Crippen LogP contribution in [0.15, 0.2) is 12.2 Å². The number of rotatable bonds is 21. The van der Waals surface area contributed by atoms with Crippen LogP contribution in [0, 0.1) is 0 Å². The molecule has 2 unspecified atom stereocenters. The topological polar surface area (TPSA) is 40.1 Å². The first-order chi connectivity index (χ1) is 14.3. The number of hydrogen-bond acceptors (Lipinski definition) is 2. The SMILES string of the molecule is CCCCCCCCCCCCC/C=C\CCCCC(CCC)([P+](=O)[O-])[N+](C)(C)C. The Morgan fingerprint density at radius 2 is 1.10 bits per heavy atom. The van der Waals surface area contributed by atoms with E-state index in [0.717, 1.165) is 38.5 Å². The molecule has 30 heavy (non-hydrogen) atoms. The van der Waals surface area contributed by atoms with Crippen LogP contribution in [0.1, 0.15) is 129 Å². The Morgan fingerprint density at radius 1 is 0.667 bits per heavy atom. The summed E-state index contributed by atoms with van der Waals surface area (Å²) in [6.45, 7) is 4.36. The second-order valence-corrected chi connectivity index (χ2v) is 11.4. The van der Waals surface area contributed by atoms with Gasteiger partial charge in [-0.25, -0.2) is 0 Å². The van der Waals surface area contributed by atoms with Gasteiger partial charge in [-0.15, -0.1) is 0 Å². The highest BCUT2D eigenvalue weighted by atomic mass is 31.1. The van der Waals surface area contributed by atoms with Crippen LogP contribution in [0.2, 0.25) is 0 Å². The predicted molar refractivity (Wildman–Crippen MR) is 132 cm³/mol. The molecule has 0 aliphatic heterocycles. The van der Waals surface area contributed by atoms with Gasteiger partial charge >= 0.3 is 8.03 Å².